The summed E-state index contributed by atoms with van der Waals surface area (Å²) < 4.78 is 1.95. The predicted molar refractivity (Wildman–Crippen MR) is 71.3 cm³/mol. The molecule has 0 bridgehead atoms. The van der Waals surface area contributed by atoms with Crippen molar-refractivity contribution in [2.75, 3.05) is 0 Å². The Labute approximate surface area is 109 Å². The van der Waals surface area contributed by atoms with Gasteiger partial charge in [0.2, 0.25) is 0 Å². The highest BCUT2D eigenvalue weighted by Gasteiger charge is 2.11. The van der Waals surface area contributed by atoms with Crippen molar-refractivity contribution in [2.45, 2.75) is 13.8 Å². The normalized spacial score (nSPS) is 11.1. The third-order valence-corrected chi connectivity index (χ3v) is 2.99. The molecule has 0 aliphatic rings. The molecule has 0 aliphatic heterocycles. The van der Waals surface area contributed by atoms with Crippen molar-refractivity contribution in [3.8, 4) is 5.69 Å². The van der Waals surface area contributed by atoms with Gasteiger partial charge in [0.25, 0.3) is 5.69 Å². The molecule has 1 aromatic heterocycles. The number of hydrogen-bond acceptors (Lipinski definition) is 4. The zero-order chi connectivity index (χ0) is 14.0. The first-order chi connectivity index (χ1) is 9.04. The van der Waals surface area contributed by atoms with Gasteiger partial charge in [-0.2, -0.15) is 0 Å². The monoisotopic (exact) mass is 259 g/mol. The summed E-state index contributed by atoms with van der Waals surface area (Å²) in [4.78, 5) is 10.2. The molecule has 1 aromatic carbocycles. The Morgan fingerprint density at radius 3 is 2.47 bits per heavy atom. The minimum Gasteiger partial charge on any atom is -0.411 e. The number of nitrogens with zero attached hydrogens (tertiary/aromatic N) is 3. The number of benzene rings is 1. The van der Waals surface area contributed by atoms with Crippen LogP contribution in [-0.4, -0.2) is 20.9 Å². The highest BCUT2D eigenvalue weighted by Crippen LogP contribution is 2.21. The number of nitro benzene ring substituents is 1. The van der Waals surface area contributed by atoms with Crippen LogP contribution in [0.1, 0.15) is 17.0 Å². The maximum absolute atomic E-state index is 10.6. The molecule has 0 spiro atoms. The second kappa shape index (κ2) is 4.93. The Morgan fingerprint density at radius 1 is 1.32 bits per heavy atom. The topological polar surface area (TPSA) is 80.7 Å². The molecule has 6 nitrogen and oxygen atoms in total. The number of aromatic nitrogens is 1. The van der Waals surface area contributed by atoms with E-state index in [2.05, 4.69) is 5.16 Å². The Morgan fingerprint density at radius 2 is 1.95 bits per heavy atom. The maximum Gasteiger partial charge on any atom is 0.269 e. The van der Waals surface area contributed by atoms with Crippen molar-refractivity contribution in [3.05, 3.63) is 57.4 Å². The summed E-state index contributed by atoms with van der Waals surface area (Å²) in [6.07, 6.45) is 1.37. The fourth-order valence-corrected chi connectivity index (χ4v) is 2.10. The molecule has 2 aromatic rings. The van der Waals surface area contributed by atoms with Gasteiger partial charge in [-0.3, -0.25) is 10.1 Å². The molecule has 6 heteroatoms. The minimum absolute atomic E-state index is 0.0587. The molecular weight excluding hydrogens is 246 g/mol. The number of aryl methyl sites for hydroxylation is 1. The van der Waals surface area contributed by atoms with Crippen LogP contribution in [-0.2, 0) is 0 Å². The average molecular weight is 259 g/mol. The van der Waals surface area contributed by atoms with Crippen LogP contribution in [0.15, 0.2) is 35.5 Å². The summed E-state index contributed by atoms with van der Waals surface area (Å²) in [6.45, 7) is 3.81. The lowest BCUT2D eigenvalue weighted by molar-refractivity contribution is -0.384. The van der Waals surface area contributed by atoms with E-state index in [4.69, 9.17) is 5.21 Å². The molecule has 0 unspecified atom stereocenters. The first kappa shape index (κ1) is 12.8. The van der Waals surface area contributed by atoms with Crippen molar-refractivity contribution in [1.82, 2.24) is 4.57 Å². The lowest BCUT2D eigenvalue weighted by Gasteiger charge is -2.09. The number of non-ortho nitro benzene ring substituents is 1. The van der Waals surface area contributed by atoms with Gasteiger partial charge in [0, 0.05) is 34.8 Å². The summed E-state index contributed by atoms with van der Waals surface area (Å²) in [5, 5.41) is 22.2. The standard InChI is InChI=1S/C13H13N3O3/c1-9-7-11(8-14-17)10(2)15(9)12-3-5-13(6-4-12)16(18)19/h3-8,17H,1-2H3/b14-8+. The molecule has 0 radical (unpaired) electrons. The van der Waals surface area contributed by atoms with E-state index in [1.807, 2.05) is 24.5 Å². The van der Waals surface area contributed by atoms with E-state index < -0.39 is 4.92 Å². The van der Waals surface area contributed by atoms with Gasteiger partial charge in [0.1, 0.15) is 0 Å². The van der Waals surface area contributed by atoms with Gasteiger partial charge in [0.15, 0.2) is 0 Å². The van der Waals surface area contributed by atoms with E-state index >= 15 is 0 Å². The fraction of sp³-hybridized carbons (Fsp3) is 0.154. The van der Waals surface area contributed by atoms with Gasteiger partial charge < -0.3 is 9.77 Å². The largest absolute Gasteiger partial charge is 0.411 e. The molecule has 1 heterocycles. The van der Waals surface area contributed by atoms with Crippen molar-refractivity contribution < 1.29 is 10.1 Å². The molecule has 19 heavy (non-hydrogen) atoms. The summed E-state index contributed by atoms with van der Waals surface area (Å²) >= 11 is 0. The van der Waals surface area contributed by atoms with E-state index in [9.17, 15) is 10.1 Å². The highest BCUT2D eigenvalue weighted by atomic mass is 16.6. The maximum atomic E-state index is 10.6. The number of oxime groups is 1. The van der Waals surface area contributed by atoms with Gasteiger partial charge in [-0.05, 0) is 32.0 Å². The second-order valence-electron chi connectivity index (χ2n) is 4.18. The summed E-state index contributed by atoms with van der Waals surface area (Å²) in [7, 11) is 0. The summed E-state index contributed by atoms with van der Waals surface area (Å²) in [5.74, 6) is 0. The summed E-state index contributed by atoms with van der Waals surface area (Å²) in [5.41, 5.74) is 3.56. The Hall–Kier alpha value is -2.63. The van der Waals surface area contributed by atoms with Crippen molar-refractivity contribution in [1.29, 1.82) is 0 Å². The quantitative estimate of drug-likeness (QED) is 0.398. The van der Waals surface area contributed by atoms with E-state index in [1.165, 1.54) is 18.3 Å². The van der Waals surface area contributed by atoms with Gasteiger partial charge in [-0.25, -0.2) is 0 Å². The van der Waals surface area contributed by atoms with Crippen LogP contribution < -0.4 is 0 Å². The van der Waals surface area contributed by atoms with Gasteiger partial charge in [0.05, 0.1) is 11.1 Å². The average Bonchev–Trinajstić information content (AvgIpc) is 2.65. The van der Waals surface area contributed by atoms with Crippen molar-refractivity contribution in [2.24, 2.45) is 5.16 Å². The van der Waals surface area contributed by atoms with Crippen LogP contribution in [0.25, 0.3) is 5.69 Å². The molecule has 0 aliphatic carbocycles. The highest BCUT2D eigenvalue weighted by molar-refractivity contribution is 5.81. The zero-order valence-electron chi connectivity index (χ0n) is 10.6. The molecule has 0 saturated carbocycles. The lowest BCUT2D eigenvalue weighted by Crippen LogP contribution is -2.00. The van der Waals surface area contributed by atoms with Gasteiger partial charge in [-0.15, -0.1) is 0 Å². The Kier molecular flexibility index (Phi) is 3.33. The summed E-state index contributed by atoms with van der Waals surface area (Å²) in [6, 6.07) is 8.20. The molecule has 0 amide bonds. The molecule has 0 atom stereocenters. The van der Waals surface area contributed by atoms with Crippen molar-refractivity contribution in [3.63, 3.8) is 0 Å². The predicted octanol–water partition coefficient (Wildman–Crippen LogP) is 2.81. The number of hydrogen-bond donors (Lipinski definition) is 1. The first-order valence-corrected chi connectivity index (χ1v) is 5.66. The SMILES string of the molecule is Cc1cc(/C=N/O)c(C)n1-c1ccc([N+](=O)[O-])cc1. The van der Waals surface area contributed by atoms with Crippen LogP contribution in [0.4, 0.5) is 5.69 Å². The molecule has 98 valence electrons. The van der Waals surface area contributed by atoms with E-state index in [0.717, 1.165) is 22.6 Å². The van der Waals surface area contributed by atoms with E-state index in [0.29, 0.717) is 0 Å². The fourth-order valence-electron chi connectivity index (χ4n) is 2.10. The molecule has 2 rings (SSSR count). The van der Waals surface area contributed by atoms with E-state index in [-0.39, 0.29) is 5.69 Å². The zero-order valence-corrected chi connectivity index (χ0v) is 10.6. The van der Waals surface area contributed by atoms with Gasteiger partial charge in [-0.1, -0.05) is 5.16 Å². The third-order valence-electron chi connectivity index (χ3n) is 2.99. The smallest absolute Gasteiger partial charge is 0.269 e. The van der Waals surface area contributed by atoms with Crippen LogP contribution in [0.5, 0.6) is 0 Å². The van der Waals surface area contributed by atoms with Gasteiger partial charge >= 0.3 is 0 Å². The van der Waals surface area contributed by atoms with E-state index in [1.54, 1.807) is 12.1 Å². The second-order valence-corrected chi connectivity index (χ2v) is 4.18. The first-order valence-electron chi connectivity index (χ1n) is 5.66. The molecule has 0 fully saturated rings. The van der Waals surface area contributed by atoms with Crippen LogP contribution in [0.2, 0.25) is 0 Å². The molecule has 0 saturated heterocycles. The van der Waals surface area contributed by atoms with Crippen LogP contribution in [0.3, 0.4) is 0 Å². The number of rotatable bonds is 3. The van der Waals surface area contributed by atoms with Crippen molar-refractivity contribution >= 4 is 11.9 Å². The van der Waals surface area contributed by atoms with Crippen LogP contribution in [0, 0.1) is 24.0 Å². The Balaban J connectivity index is 2.50. The Bertz CT molecular complexity index is 642. The minimum atomic E-state index is -0.428. The van der Waals surface area contributed by atoms with Crippen LogP contribution >= 0.6 is 0 Å². The molecular formula is C13H13N3O3. The third kappa shape index (κ3) is 2.33. The lowest BCUT2D eigenvalue weighted by atomic mass is 10.2. The molecule has 1 N–H and O–H groups in total. The number of nitro groups is 1.